The van der Waals surface area contributed by atoms with Crippen molar-refractivity contribution in [2.24, 2.45) is 5.73 Å². The zero-order chi connectivity index (χ0) is 10.7. The topological polar surface area (TPSA) is 63.3 Å². The Morgan fingerprint density at radius 1 is 1.79 bits per heavy atom. The average Bonchev–Trinajstić information content (AvgIpc) is 2.41. The van der Waals surface area contributed by atoms with Gasteiger partial charge in [-0.1, -0.05) is 0 Å². The van der Waals surface area contributed by atoms with Crippen LogP contribution in [-0.4, -0.2) is 11.1 Å². The van der Waals surface area contributed by atoms with Crippen molar-refractivity contribution in [1.29, 1.82) is 0 Å². The van der Waals surface area contributed by atoms with Crippen LogP contribution in [0.3, 0.4) is 0 Å². The highest BCUT2D eigenvalue weighted by molar-refractivity contribution is 9.11. The van der Waals surface area contributed by atoms with Crippen molar-refractivity contribution in [3.63, 3.8) is 0 Å². The third kappa shape index (κ3) is 3.08. The Balaban J connectivity index is 2.64. The zero-order valence-corrected chi connectivity index (χ0v) is 10.2. The summed E-state index contributed by atoms with van der Waals surface area (Å²) in [5.41, 5.74) is 6.92. The summed E-state index contributed by atoms with van der Waals surface area (Å²) >= 11 is 5.00. The maximum absolute atomic E-state index is 10.4. The van der Waals surface area contributed by atoms with E-state index in [4.69, 9.17) is 10.8 Å². The first-order valence-electron chi connectivity index (χ1n) is 4.24. The average molecular weight is 278 g/mol. The van der Waals surface area contributed by atoms with Gasteiger partial charge in [-0.05, 0) is 40.9 Å². The van der Waals surface area contributed by atoms with Gasteiger partial charge in [0.2, 0.25) is 0 Å². The molecule has 1 heterocycles. The Labute approximate surface area is 95.1 Å². The molecule has 1 rings (SSSR count). The second-order valence-electron chi connectivity index (χ2n) is 3.10. The molecule has 3 N–H and O–H groups in total. The summed E-state index contributed by atoms with van der Waals surface area (Å²) in [7, 11) is 0. The minimum atomic E-state index is -0.799. The minimum absolute atomic E-state index is 0.119. The van der Waals surface area contributed by atoms with E-state index in [2.05, 4.69) is 15.9 Å². The van der Waals surface area contributed by atoms with Crippen molar-refractivity contribution in [1.82, 2.24) is 0 Å². The van der Waals surface area contributed by atoms with Crippen LogP contribution in [-0.2, 0) is 4.79 Å². The molecule has 0 saturated carbocycles. The van der Waals surface area contributed by atoms with Gasteiger partial charge >= 0.3 is 5.97 Å². The quantitative estimate of drug-likeness (QED) is 0.890. The van der Waals surface area contributed by atoms with Crippen LogP contribution in [0.1, 0.15) is 29.3 Å². The normalized spacial score (nSPS) is 12.8. The predicted octanol–water partition coefficient (Wildman–Crippen LogP) is 2.68. The number of hydrogen-bond acceptors (Lipinski definition) is 3. The van der Waals surface area contributed by atoms with Gasteiger partial charge < -0.3 is 10.8 Å². The number of carboxylic acid groups (broad SMARTS) is 1. The summed E-state index contributed by atoms with van der Waals surface area (Å²) in [6.07, 6.45) is 0.605. The molecule has 0 bridgehead atoms. The molecular formula is C9H12BrNO2S. The van der Waals surface area contributed by atoms with Crippen LogP contribution in [0.2, 0.25) is 0 Å². The lowest BCUT2D eigenvalue weighted by Gasteiger charge is -2.09. The summed E-state index contributed by atoms with van der Waals surface area (Å²) in [6, 6.07) is 1.79. The van der Waals surface area contributed by atoms with Crippen LogP contribution < -0.4 is 5.73 Å². The molecule has 1 aromatic rings. The molecule has 0 aromatic carbocycles. The number of carbonyl (C=O) groups is 1. The number of halogens is 1. The number of nitrogens with two attached hydrogens (primary N) is 1. The van der Waals surface area contributed by atoms with Crippen LogP contribution in [0.15, 0.2) is 9.85 Å². The molecule has 0 aliphatic heterocycles. The van der Waals surface area contributed by atoms with E-state index in [1.54, 1.807) is 11.3 Å². The van der Waals surface area contributed by atoms with E-state index in [9.17, 15) is 4.79 Å². The monoisotopic (exact) mass is 277 g/mol. The lowest BCUT2D eigenvalue weighted by atomic mass is 10.0. The Kier molecular flexibility index (Phi) is 4.10. The van der Waals surface area contributed by atoms with Gasteiger partial charge in [-0.25, -0.2) is 0 Å². The van der Waals surface area contributed by atoms with E-state index in [0.717, 1.165) is 14.2 Å². The molecule has 1 unspecified atom stereocenters. The Hall–Kier alpha value is -0.390. The van der Waals surface area contributed by atoms with Gasteiger partial charge in [0.15, 0.2) is 0 Å². The van der Waals surface area contributed by atoms with Gasteiger partial charge in [0, 0.05) is 17.3 Å². The van der Waals surface area contributed by atoms with Crippen molar-refractivity contribution >= 4 is 33.2 Å². The molecule has 0 fully saturated rings. The summed E-state index contributed by atoms with van der Waals surface area (Å²) in [5.74, 6) is -0.799. The standard InChI is InChI=1S/C9H12BrNO2S/c1-5-6(4-8(10)14-5)7(11)2-3-9(12)13/h4,7H,2-3,11H2,1H3,(H,12,13). The highest BCUT2D eigenvalue weighted by Crippen LogP contribution is 2.31. The molecule has 5 heteroatoms. The second kappa shape index (κ2) is 4.91. The first-order valence-corrected chi connectivity index (χ1v) is 5.85. The summed E-state index contributed by atoms with van der Waals surface area (Å²) in [4.78, 5) is 11.5. The third-order valence-corrected chi connectivity index (χ3v) is 3.56. The fourth-order valence-corrected chi connectivity index (χ4v) is 3.04. The van der Waals surface area contributed by atoms with Crippen LogP contribution in [0, 0.1) is 6.92 Å². The minimum Gasteiger partial charge on any atom is -0.481 e. The van der Waals surface area contributed by atoms with E-state index in [0.29, 0.717) is 6.42 Å². The Morgan fingerprint density at radius 3 is 2.86 bits per heavy atom. The highest BCUT2D eigenvalue weighted by atomic mass is 79.9. The molecule has 0 aliphatic carbocycles. The van der Waals surface area contributed by atoms with E-state index in [-0.39, 0.29) is 12.5 Å². The van der Waals surface area contributed by atoms with Gasteiger partial charge in [-0.2, -0.15) is 0 Å². The van der Waals surface area contributed by atoms with Crippen LogP contribution in [0.5, 0.6) is 0 Å². The molecule has 1 atom stereocenters. The number of thiophene rings is 1. The molecular weight excluding hydrogens is 266 g/mol. The third-order valence-electron chi connectivity index (χ3n) is 1.99. The van der Waals surface area contributed by atoms with Crippen molar-refractivity contribution in [3.05, 3.63) is 20.3 Å². The smallest absolute Gasteiger partial charge is 0.303 e. The van der Waals surface area contributed by atoms with E-state index in [1.807, 2.05) is 13.0 Å². The van der Waals surface area contributed by atoms with Gasteiger partial charge in [0.25, 0.3) is 0 Å². The van der Waals surface area contributed by atoms with Crippen molar-refractivity contribution in [2.75, 3.05) is 0 Å². The van der Waals surface area contributed by atoms with Crippen molar-refractivity contribution in [2.45, 2.75) is 25.8 Å². The first-order chi connectivity index (χ1) is 6.50. The van der Waals surface area contributed by atoms with Crippen molar-refractivity contribution < 1.29 is 9.90 Å². The molecule has 0 saturated heterocycles. The molecule has 14 heavy (non-hydrogen) atoms. The van der Waals surface area contributed by atoms with Crippen molar-refractivity contribution in [3.8, 4) is 0 Å². The predicted molar refractivity (Wildman–Crippen MR) is 60.6 cm³/mol. The molecule has 0 spiro atoms. The molecule has 3 nitrogen and oxygen atoms in total. The SMILES string of the molecule is Cc1sc(Br)cc1C(N)CCC(=O)O. The van der Waals surface area contributed by atoms with Gasteiger partial charge in [-0.15, -0.1) is 11.3 Å². The number of rotatable bonds is 4. The fraction of sp³-hybridized carbons (Fsp3) is 0.444. The number of aryl methyl sites for hydroxylation is 1. The number of hydrogen-bond donors (Lipinski definition) is 2. The summed E-state index contributed by atoms with van der Waals surface area (Å²) < 4.78 is 1.04. The van der Waals surface area contributed by atoms with Gasteiger partial charge in [0.1, 0.15) is 0 Å². The lowest BCUT2D eigenvalue weighted by Crippen LogP contribution is -2.12. The molecule has 1 aromatic heterocycles. The van der Waals surface area contributed by atoms with Gasteiger partial charge in [-0.3, -0.25) is 4.79 Å². The number of carboxylic acids is 1. The largest absolute Gasteiger partial charge is 0.481 e. The molecule has 0 radical (unpaired) electrons. The highest BCUT2D eigenvalue weighted by Gasteiger charge is 2.13. The maximum atomic E-state index is 10.4. The van der Waals surface area contributed by atoms with Gasteiger partial charge in [0.05, 0.1) is 3.79 Å². The first kappa shape index (κ1) is 11.7. The molecule has 0 amide bonds. The van der Waals surface area contributed by atoms with E-state index < -0.39 is 5.97 Å². The fourth-order valence-electron chi connectivity index (χ4n) is 1.26. The summed E-state index contributed by atoms with van der Waals surface area (Å²) in [5, 5.41) is 8.52. The van der Waals surface area contributed by atoms with Crippen LogP contribution in [0.4, 0.5) is 0 Å². The van der Waals surface area contributed by atoms with E-state index in [1.165, 1.54) is 0 Å². The molecule has 0 aliphatic rings. The maximum Gasteiger partial charge on any atom is 0.303 e. The summed E-state index contributed by atoms with van der Waals surface area (Å²) in [6.45, 7) is 1.99. The number of aliphatic carboxylic acids is 1. The second-order valence-corrected chi connectivity index (χ2v) is 5.74. The Morgan fingerprint density at radius 2 is 2.43 bits per heavy atom. The molecule has 78 valence electrons. The Bertz CT molecular complexity index is 338. The lowest BCUT2D eigenvalue weighted by molar-refractivity contribution is -0.137. The zero-order valence-electron chi connectivity index (χ0n) is 7.79. The van der Waals surface area contributed by atoms with E-state index >= 15 is 0 Å². The van der Waals surface area contributed by atoms with Crippen LogP contribution in [0.25, 0.3) is 0 Å². The van der Waals surface area contributed by atoms with Crippen LogP contribution >= 0.6 is 27.3 Å².